The Morgan fingerprint density at radius 1 is 0.759 bits per heavy atom. The lowest BCUT2D eigenvalue weighted by Gasteiger charge is -2.35. The smallest absolute Gasteiger partial charge is 0.334 e. The Morgan fingerprint density at radius 3 is 1.34 bits per heavy atom. The monoisotopic (exact) mass is 418 g/mol. The van der Waals surface area contributed by atoms with E-state index < -0.39 is 45.0 Å². The van der Waals surface area contributed by atoms with Crippen molar-refractivity contribution in [2.45, 2.75) is 39.8 Å². The number of halogens is 2. The van der Waals surface area contributed by atoms with Gasteiger partial charge >= 0.3 is 8.74 Å². The van der Waals surface area contributed by atoms with Crippen LogP contribution < -0.4 is 0 Å². The van der Waals surface area contributed by atoms with Gasteiger partial charge in [0.15, 0.2) is 0 Å². The zero-order valence-corrected chi connectivity index (χ0v) is 18.3. The first-order valence-corrected chi connectivity index (χ1v) is 11.8. The van der Waals surface area contributed by atoms with Crippen molar-refractivity contribution >= 4 is 20.6 Å². The number of rotatable bonds is 8. The number of hydrogen-bond acceptors (Lipinski definition) is 2. The van der Waals surface area contributed by atoms with E-state index in [1.54, 1.807) is 13.8 Å². The minimum absolute atomic E-state index is 0.404. The molecule has 7 heteroatoms. The quantitative estimate of drug-likeness (QED) is 0.462. The molecule has 2 amide bonds. The number of benzene rings is 2. The molecular formula is C22H28F2N2O2Si. The molecule has 2 atom stereocenters. The van der Waals surface area contributed by atoms with E-state index >= 15 is 8.22 Å². The van der Waals surface area contributed by atoms with E-state index in [4.69, 9.17) is 0 Å². The lowest BCUT2D eigenvalue weighted by molar-refractivity contribution is -0.130. The van der Waals surface area contributed by atoms with E-state index in [1.165, 1.54) is 23.6 Å². The lowest BCUT2D eigenvalue weighted by atomic mass is 10.1. The third-order valence-corrected chi connectivity index (χ3v) is 6.72. The predicted molar refractivity (Wildman–Crippen MR) is 112 cm³/mol. The highest BCUT2D eigenvalue weighted by Gasteiger charge is 2.43. The molecule has 0 saturated carbocycles. The SMILES string of the molecule is CC(=O)N(C[Si](F)(F)CN(C(C)=O)C(C)c1ccccc1)C(C)c1ccccc1. The molecule has 0 N–H and O–H groups in total. The first-order chi connectivity index (χ1) is 13.6. The zero-order valence-electron chi connectivity index (χ0n) is 17.3. The first-order valence-electron chi connectivity index (χ1n) is 9.64. The van der Waals surface area contributed by atoms with Gasteiger partial charge in [-0.1, -0.05) is 60.7 Å². The van der Waals surface area contributed by atoms with E-state index in [2.05, 4.69) is 0 Å². The molecule has 0 aromatic heterocycles. The summed E-state index contributed by atoms with van der Waals surface area (Å²) in [4.78, 5) is 26.7. The molecule has 0 heterocycles. The normalized spacial score (nSPS) is 13.4. The topological polar surface area (TPSA) is 40.6 Å². The van der Waals surface area contributed by atoms with Gasteiger partial charge in [-0.2, -0.15) is 0 Å². The molecule has 0 aliphatic rings. The molecule has 2 aromatic carbocycles. The van der Waals surface area contributed by atoms with Crippen LogP contribution in [0.15, 0.2) is 60.7 Å². The molecule has 0 saturated heterocycles. The summed E-state index contributed by atoms with van der Waals surface area (Å²) in [6.07, 6.45) is -1.24. The molecule has 0 fully saturated rings. The second-order valence-electron chi connectivity index (χ2n) is 7.32. The summed E-state index contributed by atoms with van der Waals surface area (Å²) in [5, 5.41) is 0. The fourth-order valence-corrected chi connectivity index (χ4v) is 5.50. The van der Waals surface area contributed by atoms with Crippen LogP contribution >= 0.6 is 0 Å². The Balaban J connectivity index is 2.20. The maximum Gasteiger partial charge on any atom is 0.462 e. The van der Waals surface area contributed by atoms with Gasteiger partial charge in [0.1, 0.15) is 0 Å². The molecule has 2 aromatic rings. The van der Waals surface area contributed by atoms with Gasteiger partial charge in [-0.15, -0.1) is 0 Å². The van der Waals surface area contributed by atoms with Gasteiger partial charge < -0.3 is 9.80 Å². The molecule has 0 aliphatic heterocycles. The minimum Gasteiger partial charge on any atom is -0.334 e. The van der Waals surface area contributed by atoms with Gasteiger partial charge in [0.05, 0.1) is 24.4 Å². The first kappa shape index (κ1) is 22.7. The van der Waals surface area contributed by atoms with Crippen molar-refractivity contribution in [2.75, 3.05) is 12.3 Å². The maximum absolute atomic E-state index is 15.1. The second-order valence-corrected chi connectivity index (χ2v) is 9.67. The Kier molecular flexibility index (Phi) is 7.67. The van der Waals surface area contributed by atoms with Crippen molar-refractivity contribution in [2.24, 2.45) is 0 Å². The summed E-state index contributed by atoms with van der Waals surface area (Å²) < 4.78 is 30.3. The van der Waals surface area contributed by atoms with E-state index in [9.17, 15) is 9.59 Å². The molecule has 0 bridgehead atoms. The van der Waals surface area contributed by atoms with Crippen LogP contribution in [0.2, 0.25) is 0 Å². The summed E-state index contributed by atoms with van der Waals surface area (Å²) in [6.45, 7) is 6.10. The van der Waals surface area contributed by atoms with Crippen molar-refractivity contribution in [3.63, 3.8) is 0 Å². The highest BCUT2D eigenvalue weighted by atomic mass is 28.4. The summed E-state index contributed by atoms with van der Waals surface area (Å²) in [6, 6.07) is 17.3. The van der Waals surface area contributed by atoms with E-state index in [0.29, 0.717) is 0 Å². The molecule has 29 heavy (non-hydrogen) atoms. The van der Waals surface area contributed by atoms with Crippen molar-refractivity contribution in [3.05, 3.63) is 71.8 Å². The Morgan fingerprint density at radius 2 is 1.07 bits per heavy atom. The number of carbonyl (C=O) groups is 2. The molecule has 0 radical (unpaired) electrons. The van der Waals surface area contributed by atoms with Crippen LogP contribution in [0.5, 0.6) is 0 Å². The highest BCUT2D eigenvalue weighted by Crippen LogP contribution is 2.26. The maximum atomic E-state index is 15.1. The largest absolute Gasteiger partial charge is 0.462 e. The van der Waals surface area contributed by atoms with Gasteiger partial charge in [-0.05, 0) is 25.0 Å². The van der Waals surface area contributed by atoms with Gasteiger partial charge in [-0.3, -0.25) is 17.8 Å². The average molecular weight is 419 g/mol. The molecule has 2 unspecified atom stereocenters. The number of nitrogens with zero attached hydrogens (tertiary/aromatic N) is 2. The molecular weight excluding hydrogens is 390 g/mol. The van der Waals surface area contributed by atoms with Gasteiger partial charge in [0.25, 0.3) is 0 Å². The average Bonchev–Trinajstić information content (AvgIpc) is 2.70. The molecule has 4 nitrogen and oxygen atoms in total. The summed E-state index contributed by atoms with van der Waals surface area (Å²) in [5.41, 5.74) is 1.60. The molecule has 2 rings (SSSR count). The second kappa shape index (κ2) is 9.78. The Labute approximate surface area is 172 Å². The summed E-state index contributed by atoms with van der Waals surface area (Å²) in [7, 11) is -4.94. The van der Waals surface area contributed by atoms with Crippen LogP contribution in [0.3, 0.4) is 0 Å². The van der Waals surface area contributed by atoms with Crippen LogP contribution in [0, 0.1) is 0 Å². The lowest BCUT2D eigenvalue weighted by Crippen LogP contribution is -2.52. The molecule has 0 aliphatic carbocycles. The van der Waals surface area contributed by atoms with Crippen LogP contribution in [0.25, 0.3) is 0 Å². The van der Waals surface area contributed by atoms with Crippen molar-refractivity contribution in [1.29, 1.82) is 0 Å². The Bertz CT molecular complexity index is 751. The van der Waals surface area contributed by atoms with Crippen molar-refractivity contribution in [3.8, 4) is 0 Å². The Hall–Kier alpha value is -2.54. The van der Waals surface area contributed by atoms with E-state index in [1.807, 2.05) is 60.7 Å². The summed E-state index contributed by atoms with van der Waals surface area (Å²) in [5.74, 6) is -0.807. The van der Waals surface area contributed by atoms with Crippen molar-refractivity contribution in [1.82, 2.24) is 9.80 Å². The minimum atomic E-state index is -4.94. The zero-order chi connectivity index (χ0) is 21.6. The van der Waals surface area contributed by atoms with Crippen LogP contribution in [0.1, 0.15) is 50.9 Å². The fourth-order valence-electron chi connectivity index (χ4n) is 3.41. The van der Waals surface area contributed by atoms with E-state index in [0.717, 1.165) is 11.1 Å². The van der Waals surface area contributed by atoms with Crippen LogP contribution in [0.4, 0.5) is 8.22 Å². The molecule has 156 valence electrons. The predicted octanol–water partition coefficient (Wildman–Crippen LogP) is 4.67. The van der Waals surface area contributed by atoms with Gasteiger partial charge in [0.2, 0.25) is 11.8 Å². The van der Waals surface area contributed by atoms with Crippen LogP contribution in [-0.2, 0) is 9.59 Å². The number of amides is 2. The third-order valence-electron chi connectivity index (χ3n) is 5.11. The van der Waals surface area contributed by atoms with Crippen LogP contribution in [-0.4, -0.2) is 42.7 Å². The van der Waals surface area contributed by atoms with Gasteiger partial charge in [-0.25, -0.2) is 0 Å². The van der Waals surface area contributed by atoms with Crippen molar-refractivity contribution < 1.29 is 17.8 Å². The fraction of sp³-hybridized carbons (Fsp3) is 0.364. The third kappa shape index (κ3) is 6.22. The number of hydrogen-bond donors (Lipinski definition) is 0. The highest BCUT2D eigenvalue weighted by molar-refractivity contribution is 6.66. The molecule has 0 spiro atoms. The van der Waals surface area contributed by atoms with Gasteiger partial charge in [0, 0.05) is 13.8 Å². The summed E-state index contributed by atoms with van der Waals surface area (Å²) >= 11 is 0. The number of carbonyl (C=O) groups excluding carboxylic acids is 2. The standard InChI is InChI=1S/C22H28F2N2O2Si/c1-17(21-11-7-5-8-12-21)25(19(3)27)15-29(23,24)16-26(20(4)28)18(2)22-13-9-6-10-14-22/h5-14,17-18H,15-16H2,1-4H3. The van der Waals surface area contributed by atoms with E-state index in [-0.39, 0.29) is 0 Å².